The molecule has 0 spiro atoms. The third kappa shape index (κ3) is 4.00. The lowest BCUT2D eigenvalue weighted by molar-refractivity contribution is -0.120. The van der Waals surface area contributed by atoms with Gasteiger partial charge >= 0.3 is 0 Å². The summed E-state index contributed by atoms with van der Waals surface area (Å²) in [7, 11) is 0. The van der Waals surface area contributed by atoms with Crippen molar-refractivity contribution in [3.8, 4) is 11.5 Å². The van der Waals surface area contributed by atoms with E-state index in [-0.39, 0.29) is 24.7 Å². The number of rotatable bonds is 5. The molecule has 116 valence electrons. The van der Waals surface area contributed by atoms with Gasteiger partial charge in [0.1, 0.15) is 5.82 Å². The Kier molecular flexibility index (Phi) is 4.42. The number of hydrogen-bond donors (Lipinski definition) is 1. The Morgan fingerprint density at radius 3 is 2.57 bits per heavy atom. The molecule has 0 atom stereocenters. The number of carbonyl (C=O) groups excluding carboxylic acids is 1. The van der Waals surface area contributed by atoms with Crippen LogP contribution in [-0.4, -0.2) is 16.0 Å². The van der Waals surface area contributed by atoms with Crippen LogP contribution in [0, 0.1) is 5.82 Å². The van der Waals surface area contributed by atoms with Crippen LogP contribution < -0.4 is 5.32 Å². The quantitative estimate of drug-likeness (QED) is 0.786. The molecule has 0 saturated heterocycles. The molecule has 0 aliphatic rings. The predicted molar refractivity (Wildman–Crippen MR) is 81.7 cm³/mol. The van der Waals surface area contributed by atoms with E-state index in [2.05, 4.69) is 15.5 Å². The average Bonchev–Trinajstić information content (AvgIpc) is 3.05. The van der Waals surface area contributed by atoms with Crippen molar-refractivity contribution in [3.05, 3.63) is 71.8 Å². The molecule has 1 amide bonds. The minimum atomic E-state index is -0.325. The van der Waals surface area contributed by atoms with Crippen LogP contribution in [0.2, 0.25) is 0 Å². The van der Waals surface area contributed by atoms with Gasteiger partial charge in [0.2, 0.25) is 5.91 Å². The lowest BCUT2D eigenvalue weighted by Crippen LogP contribution is -2.25. The second kappa shape index (κ2) is 6.83. The summed E-state index contributed by atoms with van der Waals surface area (Å²) in [6, 6.07) is 15.2. The first-order valence-corrected chi connectivity index (χ1v) is 7.10. The molecule has 0 saturated carbocycles. The van der Waals surface area contributed by atoms with Crippen LogP contribution in [0.4, 0.5) is 4.39 Å². The molecular formula is C17H14FN3O2. The van der Waals surface area contributed by atoms with Crippen molar-refractivity contribution < 1.29 is 13.7 Å². The molecule has 0 radical (unpaired) electrons. The summed E-state index contributed by atoms with van der Waals surface area (Å²) in [6.45, 7) is 0.177. The fourth-order valence-corrected chi connectivity index (χ4v) is 2.05. The zero-order valence-electron chi connectivity index (χ0n) is 12.2. The summed E-state index contributed by atoms with van der Waals surface area (Å²) in [5.74, 6) is 0.293. The predicted octanol–water partition coefficient (Wildman–Crippen LogP) is 2.73. The highest BCUT2D eigenvalue weighted by molar-refractivity contribution is 5.78. The van der Waals surface area contributed by atoms with Gasteiger partial charge in [0.25, 0.3) is 5.89 Å². The molecule has 5 nitrogen and oxygen atoms in total. The van der Waals surface area contributed by atoms with Crippen LogP contribution in [-0.2, 0) is 17.8 Å². The van der Waals surface area contributed by atoms with E-state index in [4.69, 9.17) is 4.52 Å². The molecule has 0 fully saturated rings. The van der Waals surface area contributed by atoms with Gasteiger partial charge in [-0.05, 0) is 29.8 Å². The number of hydrogen-bond acceptors (Lipinski definition) is 4. The Bertz CT molecular complexity index is 785. The Balaban J connectivity index is 1.55. The maximum Gasteiger partial charge on any atom is 0.257 e. The van der Waals surface area contributed by atoms with Crippen LogP contribution in [0.3, 0.4) is 0 Å². The first-order chi connectivity index (χ1) is 11.2. The van der Waals surface area contributed by atoms with Crippen LogP contribution in [0.25, 0.3) is 11.5 Å². The highest BCUT2D eigenvalue weighted by atomic mass is 19.1. The molecule has 6 heteroatoms. The first-order valence-electron chi connectivity index (χ1n) is 7.10. The van der Waals surface area contributed by atoms with E-state index in [0.717, 1.165) is 11.1 Å². The van der Waals surface area contributed by atoms with Crippen LogP contribution in [0.1, 0.15) is 11.4 Å². The van der Waals surface area contributed by atoms with Gasteiger partial charge in [-0.15, -0.1) is 0 Å². The number of nitrogens with one attached hydrogen (secondary N) is 1. The van der Waals surface area contributed by atoms with Gasteiger partial charge in [-0.1, -0.05) is 35.5 Å². The molecule has 23 heavy (non-hydrogen) atoms. The maximum absolute atomic E-state index is 12.8. The number of carbonyl (C=O) groups is 1. The highest BCUT2D eigenvalue weighted by Crippen LogP contribution is 2.15. The van der Waals surface area contributed by atoms with Crippen molar-refractivity contribution in [1.29, 1.82) is 0 Å². The van der Waals surface area contributed by atoms with E-state index in [1.807, 2.05) is 30.3 Å². The Morgan fingerprint density at radius 1 is 1.09 bits per heavy atom. The third-order valence-corrected chi connectivity index (χ3v) is 3.21. The number of halogens is 1. The van der Waals surface area contributed by atoms with E-state index >= 15 is 0 Å². The lowest BCUT2D eigenvalue weighted by Gasteiger charge is -2.02. The SMILES string of the molecule is O=C(Cc1ccc(F)cc1)NCc1noc(-c2ccccc2)n1. The molecule has 3 rings (SSSR count). The molecule has 1 N–H and O–H groups in total. The molecule has 1 heterocycles. The summed E-state index contributed by atoms with van der Waals surface area (Å²) in [5, 5.41) is 6.54. The van der Waals surface area contributed by atoms with E-state index in [9.17, 15) is 9.18 Å². The van der Waals surface area contributed by atoms with E-state index in [1.165, 1.54) is 12.1 Å². The monoisotopic (exact) mass is 311 g/mol. The van der Waals surface area contributed by atoms with Crippen molar-refractivity contribution in [2.75, 3.05) is 0 Å². The van der Waals surface area contributed by atoms with Gasteiger partial charge in [-0.25, -0.2) is 4.39 Å². The Hall–Kier alpha value is -3.02. The fraction of sp³-hybridized carbons (Fsp3) is 0.118. The summed E-state index contributed by atoms with van der Waals surface area (Å²) >= 11 is 0. The summed E-state index contributed by atoms with van der Waals surface area (Å²) < 4.78 is 18.0. The third-order valence-electron chi connectivity index (χ3n) is 3.21. The van der Waals surface area contributed by atoms with Crippen molar-refractivity contribution in [2.24, 2.45) is 0 Å². The lowest BCUT2D eigenvalue weighted by atomic mass is 10.1. The van der Waals surface area contributed by atoms with Crippen molar-refractivity contribution in [1.82, 2.24) is 15.5 Å². The maximum atomic E-state index is 12.8. The Labute approximate surface area is 132 Å². The number of aromatic nitrogens is 2. The van der Waals surface area contributed by atoms with Gasteiger partial charge in [0.05, 0.1) is 13.0 Å². The minimum Gasteiger partial charge on any atom is -0.348 e. The smallest absolute Gasteiger partial charge is 0.257 e. The van der Waals surface area contributed by atoms with Gasteiger partial charge in [-0.3, -0.25) is 4.79 Å². The van der Waals surface area contributed by atoms with Crippen molar-refractivity contribution in [2.45, 2.75) is 13.0 Å². The number of amides is 1. The summed E-state index contributed by atoms with van der Waals surface area (Å²) in [6.07, 6.45) is 0.170. The standard InChI is InChI=1S/C17H14FN3O2/c18-14-8-6-12(7-9-14)10-16(22)19-11-15-20-17(23-21-15)13-4-2-1-3-5-13/h1-9H,10-11H2,(H,19,22). The molecule has 0 bridgehead atoms. The van der Waals surface area contributed by atoms with E-state index in [0.29, 0.717) is 11.7 Å². The van der Waals surface area contributed by atoms with Crippen molar-refractivity contribution in [3.63, 3.8) is 0 Å². The van der Waals surface area contributed by atoms with Gasteiger partial charge in [-0.2, -0.15) is 4.98 Å². The first kappa shape index (κ1) is 14.9. The largest absolute Gasteiger partial charge is 0.348 e. The highest BCUT2D eigenvalue weighted by Gasteiger charge is 2.10. The van der Waals surface area contributed by atoms with Crippen LogP contribution in [0.15, 0.2) is 59.1 Å². The molecule has 0 unspecified atom stereocenters. The Morgan fingerprint density at radius 2 is 1.83 bits per heavy atom. The summed E-state index contributed by atoms with van der Waals surface area (Å²) in [5.41, 5.74) is 1.56. The van der Waals surface area contributed by atoms with Gasteiger partial charge in [0.15, 0.2) is 5.82 Å². The topological polar surface area (TPSA) is 68.0 Å². The second-order valence-electron chi connectivity index (χ2n) is 4.96. The van der Waals surface area contributed by atoms with Gasteiger partial charge < -0.3 is 9.84 Å². The van der Waals surface area contributed by atoms with Crippen LogP contribution in [0.5, 0.6) is 0 Å². The second-order valence-corrected chi connectivity index (χ2v) is 4.96. The number of benzene rings is 2. The molecular weight excluding hydrogens is 297 g/mol. The zero-order chi connectivity index (χ0) is 16.1. The normalized spacial score (nSPS) is 10.5. The summed E-state index contributed by atoms with van der Waals surface area (Å²) in [4.78, 5) is 16.1. The zero-order valence-corrected chi connectivity index (χ0v) is 12.2. The molecule has 0 aliphatic heterocycles. The fourth-order valence-electron chi connectivity index (χ4n) is 2.05. The number of nitrogens with zero attached hydrogens (tertiary/aromatic N) is 2. The average molecular weight is 311 g/mol. The van der Waals surface area contributed by atoms with Crippen molar-refractivity contribution >= 4 is 5.91 Å². The van der Waals surface area contributed by atoms with E-state index in [1.54, 1.807) is 12.1 Å². The van der Waals surface area contributed by atoms with E-state index < -0.39 is 0 Å². The molecule has 3 aromatic rings. The van der Waals surface area contributed by atoms with Gasteiger partial charge in [0, 0.05) is 5.56 Å². The molecule has 1 aromatic heterocycles. The molecule has 2 aromatic carbocycles. The minimum absolute atomic E-state index is 0.170. The molecule has 0 aliphatic carbocycles. The van der Waals surface area contributed by atoms with Crippen LogP contribution >= 0.6 is 0 Å².